The van der Waals surface area contributed by atoms with Crippen molar-refractivity contribution >= 4 is 40.9 Å². The molecule has 0 spiro atoms. The van der Waals surface area contributed by atoms with Crippen molar-refractivity contribution in [3.05, 3.63) is 58.1 Å². The van der Waals surface area contributed by atoms with E-state index in [0.717, 1.165) is 6.42 Å². The number of anilines is 1. The fraction of sp³-hybridized carbons (Fsp3) is 0.364. The molecular weight excluding hydrogens is 427 g/mol. The number of carbonyl (C=O) groups excluding carboxylic acids is 2. The average Bonchev–Trinajstić information content (AvgIpc) is 3.13. The SMILES string of the molecule is CC(C)(C)OC(=O)N1CCC(Oc2ccc(NC(=O)c3ccc(Cl)c(Cl)c3)cc2)C1. The zero-order valence-electron chi connectivity index (χ0n) is 17.1. The normalized spacial score (nSPS) is 16.3. The van der Waals surface area contributed by atoms with Crippen LogP contribution in [-0.2, 0) is 4.74 Å². The van der Waals surface area contributed by atoms with Crippen molar-refractivity contribution in [2.75, 3.05) is 18.4 Å². The molecule has 160 valence electrons. The van der Waals surface area contributed by atoms with Gasteiger partial charge in [-0.15, -0.1) is 0 Å². The molecule has 1 N–H and O–H groups in total. The second-order valence-electron chi connectivity index (χ2n) is 8.06. The molecule has 8 heteroatoms. The summed E-state index contributed by atoms with van der Waals surface area (Å²) in [6.07, 6.45) is 0.304. The maximum Gasteiger partial charge on any atom is 0.410 e. The zero-order chi connectivity index (χ0) is 21.9. The smallest absolute Gasteiger partial charge is 0.410 e. The van der Waals surface area contributed by atoms with Gasteiger partial charge in [-0.2, -0.15) is 0 Å². The first-order valence-electron chi connectivity index (χ1n) is 9.62. The number of amides is 2. The molecule has 0 aromatic heterocycles. The van der Waals surface area contributed by atoms with Gasteiger partial charge in [0, 0.05) is 24.2 Å². The van der Waals surface area contributed by atoms with Gasteiger partial charge in [0.25, 0.3) is 5.91 Å². The molecule has 0 aliphatic carbocycles. The molecule has 1 fully saturated rings. The summed E-state index contributed by atoms with van der Waals surface area (Å²) in [4.78, 5) is 26.2. The molecule has 30 heavy (non-hydrogen) atoms. The lowest BCUT2D eigenvalue weighted by Crippen LogP contribution is -2.36. The van der Waals surface area contributed by atoms with Crippen molar-refractivity contribution in [1.82, 2.24) is 4.90 Å². The molecule has 1 aliphatic heterocycles. The maximum absolute atomic E-state index is 12.3. The van der Waals surface area contributed by atoms with E-state index < -0.39 is 5.60 Å². The highest BCUT2D eigenvalue weighted by molar-refractivity contribution is 6.42. The first-order valence-corrected chi connectivity index (χ1v) is 10.4. The number of halogens is 2. The number of ether oxygens (including phenoxy) is 2. The number of benzene rings is 2. The molecule has 0 radical (unpaired) electrons. The van der Waals surface area contributed by atoms with E-state index in [-0.39, 0.29) is 18.1 Å². The van der Waals surface area contributed by atoms with E-state index >= 15 is 0 Å². The number of rotatable bonds is 4. The summed E-state index contributed by atoms with van der Waals surface area (Å²) >= 11 is 11.8. The highest BCUT2D eigenvalue weighted by atomic mass is 35.5. The molecule has 1 atom stereocenters. The minimum atomic E-state index is -0.520. The second kappa shape index (κ2) is 9.14. The van der Waals surface area contributed by atoms with Gasteiger partial charge in [0.1, 0.15) is 17.5 Å². The van der Waals surface area contributed by atoms with E-state index in [2.05, 4.69) is 5.32 Å². The van der Waals surface area contributed by atoms with Crippen LogP contribution in [0.3, 0.4) is 0 Å². The van der Waals surface area contributed by atoms with Gasteiger partial charge in [-0.25, -0.2) is 4.79 Å². The Kier molecular flexibility index (Phi) is 6.78. The summed E-state index contributed by atoms with van der Waals surface area (Å²) in [5.74, 6) is 0.379. The predicted molar refractivity (Wildman–Crippen MR) is 118 cm³/mol. The quantitative estimate of drug-likeness (QED) is 0.654. The Morgan fingerprint density at radius 2 is 1.77 bits per heavy atom. The monoisotopic (exact) mass is 450 g/mol. The number of carbonyl (C=O) groups is 2. The Morgan fingerprint density at radius 1 is 1.07 bits per heavy atom. The summed E-state index contributed by atoms with van der Waals surface area (Å²) in [6.45, 7) is 6.60. The van der Waals surface area contributed by atoms with Gasteiger partial charge in [0.05, 0.1) is 16.6 Å². The van der Waals surface area contributed by atoms with Crippen LogP contribution in [0.4, 0.5) is 10.5 Å². The number of hydrogen-bond donors (Lipinski definition) is 1. The highest BCUT2D eigenvalue weighted by Crippen LogP contribution is 2.24. The van der Waals surface area contributed by atoms with Crippen molar-refractivity contribution in [3.63, 3.8) is 0 Å². The van der Waals surface area contributed by atoms with Gasteiger partial charge in [-0.05, 0) is 63.2 Å². The molecule has 2 aromatic rings. The van der Waals surface area contributed by atoms with Crippen LogP contribution in [-0.4, -0.2) is 41.7 Å². The minimum absolute atomic E-state index is 0.103. The Bertz CT molecular complexity index is 926. The van der Waals surface area contributed by atoms with Crippen LogP contribution in [0.2, 0.25) is 10.0 Å². The predicted octanol–water partition coefficient (Wildman–Crippen LogP) is 5.63. The molecule has 2 aromatic carbocycles. The number of hydrogen-bond acceptors (Lipinski definition) is 4. The first kappa shape index (κ1) is 22.2. The van der Waals surface area contributed by atoms with E-state index in [1.54, 1.807) is 41.3 Å². The minimum Gasteiger partial charge on any atom is -0.489 e. The molecule has 1 unspecified atom stereocenters. The van der Waals surface area contributed by atoms with Crippen LogP contribution in [0.5, 0.6) is 5.75 Å². The molecule has 1 heterocycles. The van der Waals surface area contributed by atoms with Gasteiger partial charge in [-0.1, -0.05) is 23.2 Å². The molecular formula is C22H24Cl2N2O4. The van der Waals surface area contributed by atoms with E-state index in [4.69, 9.17) is 32.7 Å². The molecule has 6 nitrogen and oxygen atoms in total. The van der Waals surface area contributed by atoms with Crippen molar-refractivity contribution < 1.29 is 19.1 Å². The van der Waals surface area contributed by atoms with Gasteiger partial charge in [0.2, 0.25) is 0 Å². The summed E-state index contributed by atoms with van der Waals surface area (Å²) in [5, 5.41) is 3.52. The van der Waals surface area contributed by atoms with E-state index in [0.29, 0.717) is 40.1 Å². The van der Waals surface area contributed by atoms with Gasteiger partial charge in [0.15, 0.2) is 0 Å². The van der Waals surface area contributed by atoms with Crippen LogP contribution in [0.15, 0.2) is 42.5 Å². The largest absolute Gasteiger partial charge is 0.489 e. The van der Waals surface area contributed by atoms with Crippen LogP contribution in [0.1, 0.15) is 37.6 Å². The number of likely N-dealkylation sites (tertiary alicyclic amines) is 1. The lowest BCUT2D eigenvalue weighted by molar-refractivity contribution is 0.0275. The van der Waals surface area contributed by atoms with Crippen molar-refractivity contribution in [3.8, 4) is 5.75 Å². The first-order chi connectivity index (χ1) is 14.1. The Labute approximate surface area is 186 Å². The fourth-order valence-electron chi connectivity index (χ4n) is 2.97. The zero-order valence-corrected chi connectivity index (χ0v) is 18.6. The third-order valence-electron chi connectivity index (χ3n) is 4.39. The summed E-state index contributed by atoms with van der Waals surface area (Å²) in [5.41, 5.74) is 0.520. The highest BCUT2D eigenvalue weighted by Gasteiger charge is 2.30. The fourth-order valence-corrected chi connectivity index (χ4v) is 3.26. The van der Waals surface area contributed by atoms with Crippen molar-refractivity contribution in [2.45, 2.75) is 38.9 Å². The van der Waals surface area contributed by atoms with Gasteiger partial charge in [-0.3, -0.25) is 4.79 Å². The van der Waals surface area contributed by atoms with Gasteiger partial charge < -0.3 is 19.7 Å². The van der Waals surface area contributed by atoms with Crippen molar-refractivity contribution in [1.29, 1.82) is 0 Å². The standard InChI is InChI=1S/C22H24Cl2N2O4/c1-22(2,3)30-21(28)26-11-10-17(13-26)29-16-7-5-15(6-8-16)25-20(27)14-4-9-18(23)19(24)12-14/h4-9,12,17H,10-11,13H2,1-3H3,(H,25,27). The Hall–Kier alpha value is -2.44. The number of nitrogens with one attached hydrogen (secondary N) is 1. The lowest BCUT2D eigenvalue weighted by Gasteiger charge is -2.24. The van der Waals surface area contributed by atoms with Crippen molar-refractivity contribution in [2.24, 2.45) is 0 Å². The molecule has 0 bridgehead atoms. The number of nitrogens with zero attached hydrogens (tertiary/aromatic N) is 1. The van der Waals surface area contributed by atoms with E-state index in [1.807, 2.05) is 20.8 Å². The molecule has 3 rings (SSSR count). The van der Waals surface area contributed by atoms with E-state index in [1.165, 1.54) is 6.07 Å². The molecule has 0 saturated carbocycles. The lowest BCUT2D eigenvalue weighted by atomic mass is 10.2. The van der Waals surface area contributed by atoms with E-state index in [9.17, 15) is 9.59 Å². The summed E-state index contributed by atoms with van der Waals surface area (Å²) in [7, 11) is 0. The maximum atomic E-state index is 12.3. The molecule has 2 amide bonds. The Balaban J connectivity index is 1.53. The Morgan fingerprint density at radius 3 is 2.40 bits per heavy atom. The summed E-state index contributed by atoms with van der Waals surface area (Å²) in [6, 6.07) is 11.8. The van der Waals surface area contributed by atoms with Crippen LogP contribution in [0.25, 0.3) is 0 Å². The van der Waals surface area contributed by atoms with Gasteiger partial charge >= 0.3 is 6.09 Å². The third-order valence-corrected chi connectivity index (χ3v) is 5.13. The molecule has 1 aliphatic rings. The summed E-state index contributed by atoms with van der Waals surface area (Å²) < 4.78 is 11.4. The topological polar surface area (TPSA) is 67.9 Å². The average molecular weight is 451 g/mol. The van der Waals surface area contributed by atoms with Crippen LogP contribution < -0.4 is 10.1 Å². The second-order valence-corrected chi connectivity index (χ2v) is 8.88. The molecule has 1 saturated heterocycles. The van der Waals surface area contributed by atoms with Crippen LogP contribution in [0, 0.1) is 0 Å². The third kappa shape index (κ3) is 6.03. The van der Waals surface area contributed by atoms with Crippen LogP contribution >= 0.6 is 23.2 Å².